The molecule has 0 aliphatic heterocycles. The van der Waals surface area contributed by atoms with Crippen LogP contribution >= 0.6 is 0 Å². The van der Waals surface area contributed by atoms with Crippen LogP contribution in [0.15, 0.2) is 48.5 Å². The van der Waals surface area contributed by atoms with Gasteiger partial charge in [0, 0.05) is 12.1 Å². The fraction of sp³-hybridized carbons (Fsp3) is 0.333. The lowest BCUT2D eigenvalue weighted by molar-refractivity contribution is -0.124. The third-order valence-corrected chi connectivity index (χ3v) is 4.04. The van der Waals surface area contributed by atoms with Crippen LogP contribution in [-0.2, 0) is 16.0 Å². The van der Waals surface area contributed by atoms with Crippen LogP contribution in [0.25, 0.3) is 0 Å². The Bertz CT molecular complexity index is 738. The summed E-state index contributed by atoms with van der Waals surface area (Å²) in [6.45, 7) is 1.59. The van der Waals surface area contributed by atoms with Crippen molar-refractivity contribution < 1.29 is 23.8 Å². The van der Waals surface area contributed by atoms with Crippen LogP contribution in [0.1, 0.15) is 29.3 Å². The van der Waals surface area contributed by atoms with Crippen molar-refractivity contribution in [1.29, 1.82) is 0 Å². The molecule has 0 aliphatic rings. The average Bonchev–Trinajstić information content (AvgIpc) is 2.70. The summed E-state index contributed by atoms with van der Waals surface area (Å²) in [7, 11) is 2.99. The number of carbonyl (C=O) groups is 2. The normalized spacial score (nSPS) is 11.4. The minimum atomic E-state index is -0.612. The van der Waals surface area contributed by atoms with Crippen LogP contribution in [0.5, 0.6) is 11.5 Å². The van der Waals surface area contributed by atoms with Gasteiger partial charge in [-0.2, -0.15) is 0 Å². The van der Waals surface area contributed by atoms with Gasteiger partial charge in [-0.15, -0.1) is 0 Å². The number of aryl methyl sites for hydroxylation is 1. The molecule has 0 bridgehead atoms. The molecule has 2 aromatic rings. The quantitative estimate of drug-likeness (QED) is 0.686. The molecule has 2 aromatic carbocycles. The first-order chi connectivity index (χ1) is 13.0. The fourth-order valence-electron chi connectivity index (χ4n) is 2.56. The molecule has 0 saturated heterocycles. The standard InChI is InChI=1S/C21H25NO5/c1-15(9-10-16-7-5-4-6-8-16)22-20(23)14-27-21(24)17-11-18(25-2)13-19(12-17)26-3/h4-8,11-13,15H,9-10,14H2,1-3H3,(H,22,23). The molecule has 1 unspecified atom stereocenters. The summed E-state index contributed by atoms with van der Waals surface area (Å²) in [5.74, 6) is -0.00127. The molecule has 1 atom stereocenters. The van der Waals surface area contributed by atoms with Gasteiger partial charge in [-0.3, -0.25) is 4.79 Å². The number of methoxy groups -OCH3 is 2. The lowest BCUT2D eigenvalue weighted by Gasteiger charge is -2.14. The number of carbonyl (C=O) groups excluding carboxylic acids is 2. The number of amides is 1. The number of esters is 1. The molecule has 0 aliphatic carbocycles. The molecule has 1 N–H and O–H groups in total. The average molecular weight is 371 g/mol. The van der Waals surface area contributed by atoms with E-state index in [2.05, 4.69) is 17.4 Å². The largest absolute Gasteiger partial charge is 0.497 e. The Morgan fingerprint density at radius 2 is 1.63 bits per heavy atom. The van der Waals surface area contributed by atoms with Gasteiger partial charge in [0.2, 0.25) is 0 Å². The molecular weight excluding hydrogens is 346 g/mol. The molecular formula is C21H25NO5. The maximum atomic E-state index is 12.2. The van der Waals surface area contributed by atoms with Crippen molar-refractivity contribution in [3.05, 3.63) is 59.7 Å². The van der Waals surface area contributed by atoms with Gasteiger partial charge in [0.15, 0.2) is 6.61 Å². The molecule has 0 saturated carbocycles. The monoisotopic (exact) mass is 371 g/mol. The van der Waals surface area contributed by atoms with Crippen molar-refractivity contribution >= 4 is 11.9 Å². The Hall–Kier alpha value is -3.02. The Morgan fingerprint density at radius 3 is 2.22 bits per heavy atom. The molecule has 2 rings (SSSR count). The van der Waals surface area contributed by atoms with Gasteiger partial charge < -0.3 is 19.5 Å². The first-order valence-electron chi connectivity index (χ1n) is 8.75. The second-order valence-electron chi connectivity index (χ2n) is 6.17. The van der Waals surface area contributed by atoms with Crippen LogP contribution in [0.2, 0.25) is 0 Å². The summed E-state index contributed by atoms with van der Waals surface area (Å²) >= 11 is 0. The summed E-state index contributed by atoms with van der Waals surface area (Å²) in [4.78, 5) is 24.2. The number of hydrogen-bond acceptors (Lipinski definition) is 5. The molecule has 1 amide bonds. The maximum Gasteiger partial charge on any atom is 0.338 e. The van der Waals surface area contributed by atoms with E-state index in [9.17, 15) is 9.59 Å². The van der Waals surface area contributed by atoms with Crippen LogP contribution in [0, 0.1) is 0 Å². The van der Waals surface area contributed by atoms with Crippen LogP contribution < -0.4 is 14.8 Å². The van der Waals surface area contributed by atoms with E-state index in [-0.39, 0.29) is 24.1 Å². The number of hydrogen-bond donors (Lipinski definition) is 1. The minimum absolute atomic E-state index is 0.0201. The molecule has 6 nitrogen and oxygen atoms in total. The molecule has 0 aromatic heterocycles. The highest BCUT2D eigenvalue weighted by Crippen LogP contribution is 2.22. The summed E-state index contributed by atoms with van der Waals surface area (Å²) < 4.78 is 15.3. The Balaban J connectivity index is 1.80. The molecule has 0 spiro atoms. The maximum absolute atomic E-state index is 12.2. The number of benzene rings is 2. The van der Waals surface area contributed by atoms with Gasteiger partial charge in [-0.05, 0) is 37.5 Å². The van der Waals surface area contributed by atoms with Crippen LogP contribution in [0.3, 0.4) is 0 Å². The topological polar surface area (TPSA) is 73.9 Å². The van der Waals surface area contributed by atoms with Gasteiger partial charge in [0.25, 0.3) is 5.91 Å². The Labute approximate surface area is 159 Å². The number of nitrogens with one attached hydrogen (secondary N) is 1. The second-order valence-corrected chi connectivity index (χ2v) is 6.17. The van der Waals surface area contributed by atoms with Crippen molar-refractivity contribution in [2.24, 2.45) is 0 Å². The van der Waals surface area contributed by atoms with E-state index in [0.29, 0.717) is 11.5 Å². The molecule has 6 heteroatoms. The van der Waals surface area contributed by atoms with Gasteiger partial charge in [-0.1, -0.05) is 30.3 Å². The molecule has 0 radical (unpaired) electrons. The lowest BCUT2D eigenvalue weighted by atomic mass is 10.1. The van der Waals surface area contributed by atoms with E-state index in [1.54, 1.807) is 6.07 Å². The Kier molecular flexibility index (Phi) is 7.67. The summed E-state index contributed by atoms with van der Waals surface area (Å²) in [6, 6.07) is 14.8. The SMILES string of the molecule is COc1cc(OC)cc(C(=O)OCC(=O)NC(C)CCc2ccccc2)c1. The fourth-order valence-corrected chi connectivity index (χ4v) is 2.56. The molecule has 27 heavy (non-hydrogen) atoms. The zero-order valence-corrected chi connectivity index (χ0v) is 15.9. The van der Waals surface area contributed by atoms with Crippen molar-refractivity contribution in [3.63, 3.8) is 0 Å². The summed E-state index contributed by atoms with van der Waals surface area (Å²) in [5.41, 5.74) is 1.48. The zero-order valence-electron chi connectivity index (χ0n) is 15.9. The van der Waals surface area contributed by atoms with E-state index >= 15 is 0 Å². The molecule has 0 fully saturated rings. The highest BCUT2D eigenvalue weighted by Gasteiger charge is 2.14. The van der Waals surface area contributed by atoms with Crippen LogP contribution in [-0.4, -0.2) is 38.7 Å². The summed E-state index contributed by atoms with van der Waals surface area (Å²) in [6.07, 6.45) is 1.67. The predicted octanol–water partition coefficient (Wildman–Crippen LogP) is 3.00. The van der Waals surface area contributed by atoms with Gasteiger partial charge in [0.1, 0.15) is 11.5 Å². The van der Waals surface area contributed by atoms with Gasteiger partial charge in [-0.25, -0.2) is 4.79 Å². The Morgan fingerprint density at radius 1 is 1.00 bits per heavy atom. The third-order valence-electron chi connectivity index (χ3n) is 4.04. The number of ether oxygens (including phenoxy) is 3. The molecule has 144 valence electrons. The highest BCUT2D eigenvalue weighted by atomic mass is 16.5. The van der Waals surface area contributed by atoms with Crippen molar-refractivity contribution in [3.8, 4) is 11.5 Å². The van der Waals surface area contributed by atoms with Crippen LogP contribution in [0.4, 0.5) is 0 Å². The second kappa shape index (κ2) is 10.2. The van der Waals surface area contributed by atoms with Crippen molar-refractivity contribution in [2.75, 3.05) is 20.8 Å². The minimum Gasteiger partial charge on any atom is -0.497 e. The molecule has 0 heterocycles. The van der Waals surface area contributed by atoms with E-state index in [1.165, 1.54) is 31.9 Å². The van der Waals surface area contributed by atoms with E-state index in [1.807, 2.05) is 25.1 Å². The van der Waals surface area contributed by atoms with Gasteiger partial charge >= 0.3 is 5.97 Å². The predicted molar refractivity (Wildman–Crippen MR) is 102 cm³/mol. The van der Waals surface area contributed by atoms with E-state index in [4.69, 9.17) is 14.2 Å². The first-order valence-corrected chi connectivity index (χ1v) is 8.75. The van der Waals surface area contributed by atoms with E-state index < -0.39 is 5.97 Å². The number of rotatable bonds is 9. The zero-order chi connectivity index (χ0) is 19.6. The van der Waals surface area contributed by atoms with Crippen molar-refractivity contribution in [1.82, 2.24) is 5.32 Å². The highest BCUT2D eigenvalue weighted by molar-refractivity contribution is 5.92. The third kappa shape index (κ3) is 6.66. The van der Waals surface area contributed by atoms with Gasteiger partial charge in [0.05, 0.1) is 19.8 Å². The lowest BCUT2D eigenvalue weighted by Crippen LogP contribution is -2.36. The van der Waals surface area contributed by atoms with E-state index in [0.717, 1.165) is 12.8 Å². The smallest absolute Gasteiger partial charge is 0.338 e. The van der Waals surface area contributed by atoms with Crippen molar-refractivity contribution in [2.45, 2.75) is 25.8 Å². The first kappa shape index (κ1) is 20.3. The summed E-state index contributed by atoms with van der Waals surface area (Å²) in [5, 5.41) is 2.84.